The topological polar surface area (TPSA) is 88.1 Å². The van der Waals surface area contributed by atoms with E-state index in [4.69, 9.17) is 35.2 Å². The van der Waals surface area contributed by atoms with Crippen molar-refractivity contribution in [2.75, 3.05) is 20.3 Å². The number of fused-ring (bicyclic) bond motifs is 2. The maximum absolute atomic E-state index is 13.6. The summed E-state index contributed by atoms with van der Waals surface area (Å²) in [5.41, 5.74) is 1.35. The molecule has 2 heterocycles. The van der Waals surface area contributed by atoms with E-state index in [9.17, 15) is 4.79 Å². The lowest BCUT2D eigenvalue weighted by Gasteiger charge is -2.15. The van der Waals surface area contributed by atoms with Crippen LogP contribution in [0.15, 0.2) is 73.4 Å². The lowest BCUT2D eigenvalue weighted by molar-refractivity contribution is 0.287. The summed E-state index contributed by atoms with van der Waals surface area (Å²) in [5.74, 6) is 2.15. The molecule has 10 heteroatoms. The third-order valence-electron chi connectivity index (χ3n) is 5.77. The maximum atomic E-state index is 13.6. The molecule has 0 N–H and O–H groups in total. The molecule has 0 saturated carbocycles. The summed E-state index contributed by atoms with van der Waals surface area (Å²) in [5, 5.41) is 6.05. The van der Waals surface area contributed by atoms with Gasteiger partial charge in [0, 0.05) is 10.0 Å². The van der Waals surface area contributed by atoms with Crippen LogP contribution in [-0.4, -0.2) is 36.2 Å². The Balaban J connectivity index is 1.71. The molecule has 5 rings (SSSR count). The predicted octanol–water partition coefficient (Wildman–Crippen LogP) is 6.91. The van der Waals surface area contributed by atoms with Crippen molar-refractivity contribution in [2.24, 2.45) is 5.10 Å². The molecule has 3 aromatic carbocycles. The van der Waals surface area contributed by atoms with Crippen LogP contribution in [0.5, 0.6) is 17.2 Å². The van der Waals surface area contributed by atoms with Crippen molar-refractivity contribution in [3.8, 4) is 28.8 Å². The molecule has 0 unspecified atom stereocenters. The molecule has 0 spiro atoms. The van der Waals surface area contributed by atoms with Crippen LogP contribution in [0.1, 0.15) is 19.4 Å². The highest BCUT2D eigenvalue weighted by atomic mass is 79.9. The van der Waals surface area contributed by atoms with E-state index in [0.29, 0.717) is 67.8 Å². The quantitative estimate of drug-likeness (QED) is 0.181. The van der Waals surface area contributed by atoms with Crippen LogP contribution in [0.2, 0.25) is 5.02 Å². The molecule has 2 aromatic heterocycles. The van der Waals surface area contributed by atoms with Gasteiger partial charge in [0.2, 0.25) is 5.82 Å². The molecule has 0 aliphatic heterocycles. The number of para-hydroxylation sites is 1. The Kier molecular flexibility index (Phi) is 7.40. The fourth-order valence-electron chi connectivity index (χ4n) is 4.07. The molecule has 38 heavy (non-hydrogen) atoms. The first-order valence-electron chi connectivity index (χ1n) is 11.9. The minimum atomic E-state index is -0.354. The highest BCUT2D eigenvalue weighted by Gasteiger charge is 2.20. The zero-order chi connectivity index (χ0) is 26.8. The molecule has 0 amide bonds. The summed E-state index contributed by atoms with van der Waals surface area (Å²) >= 11 is 10.1. The Bertz CT molecular complexity index is 1740. The van der Waals surface area contributed by atoms with E-state index in [1.807, 2.05) is 38.1 Å². The van der Waals surface area contributed by atoms with Crippen molar-refractivity contribution in [3.05, 3.63) is 80.0 Å². The average Bonchev–Trinajstić information content (AvgIpc) is 3.37. The first-order chi connectivity index (χ1) is 18.5. The largest absolute Gasteiger partial charge is 0.496 e. The number of ether oxygens (including phenoxy) is 3. The van der Waals surface area contributed by atoms with Gasteiger partial charge in [-0.25, -0.2) is 4.98 Å². The molecule has 194 valence electrons. The molecule has 0 aliphatic carbocycles. The van der Waals surface area contributed by atoms with E-state index < -0.39 is 0 Å². The number of benzene rings is 3. The molecule has 0 bridgehead atoms. The minimum absolute atomic E-state index is 0.237. The van der Waals surface area contributed by atoms with Crippen molar-refractivity contribution in [1.82, 2.24) is 9.66 Å². The maximum Gasteiger partial charge on any atom is 0.282 e. The summed E-state index contributed by atoms with van der Waals surface area (Å²) in [4.78, 5) is 18.3. The van der Waals surface area contributed by atoms with Crippen LogP contribution < -0.4 is 19.8 Å². The van der Waals surface area contributed by atoms with Gasteiger partial charge >= 0.3 is 0 Å². The monoisotopic (exact) mass is 595 g/mol. The Morgan fingerprint density at radius 1 is 1.05 bits per heavy atom. The Labute approximate surface area is 231 Å². The van der Waals surface area contributed by atoms with Gasteiger partial charge in [-0.3, -0.25) is 4.79 Å². The van der Waals surface area contributed by atoms with Gasteiger partial charge in [0.05, 0.1) is 42.8 Å². The minimum Gasteiger partial charge on any atom is -0.496 e. The van der Waals surface area contributed by atoms with Gasteiger partial charge < -0.3 is 18.6 Å². The van der Waals surface area contributed by atoms with Gasteiger partial charge in [-0.15, -0.1) is 0 Å². The van der Waals surface area contributed by atoms with Gasteiger partial charge in [-0.2, -0.15) is 9.78 Å². The zero-order valence-electron chi connectivity index (χ0n) is 20.8. The Hall–Kier alpha value is -3.82. The molecule has 0 radical (unpaired) electrons. The summed E-state index contributed by atoms with van der Waals surface area (Å²) in [6.45, 7) is 4.57. The third kappa shape index (κ3) is 4.63. The number of rotatable bonds is 8. The van der Waals surface area contributed by atoms with Crippen LogP contribution in [0, 0.1) is 0 Å². The second-order valence-corrected chi connectivity index (χ2v) is 9.25. The molecule has 0 saturated heterocycles. The smallest absolute Gasteiger partial charge is 0.282 e. The summed E-state index contributed by atoms with van der Waals surface area (Å²) in [6.07, 6.45) is 1.51. The number of aromatic nitrogens is 2. The van der Waals surface area contributed by atoms with Gasteiger partial charge in [-0.05, 0) is 66.2 Å². The first-order valence-corrected chi connectivity index (χ1v) is 13.0. The normalized spacial score (nSPS) is 11.5. The highest BCUT2D eigenvalue weighted by molar-refractivity contribution is 9.10. The van der Waals surface area contributed by atoms with Crippen molar-refractivity contribution >= 4 is 55.6 Å². The molecular formula is C28H23BrClN3O5. The summed E-state index contributed by atoms with van der Waals surface area (Å²) in [7, 11) is 1.59. The number of nitrogens with zero attached hydrogens (tertiary/aromatic N) is 3. The van der Waals surface area contributed by atoms with Gasteiger partial charge in [0.15, 0.2) is 17.3 Å². The van der Waals surface area contributed by atoms with Crippen LogP contribution >= 0.6 is 27.5 Å². The molecule has 0 aliphatic rings. The van der Waals surface area contributed by atoms with E-state index in [1.54, 1.807) is 37.4 Å². The molecular weight excluding hydrogens is 574 g/mol. The van der Waals surface area contributed by atoms with Crippen LogP contribution in [-0.2, 0) is 0 Å². The van der Waals surface area contributed by atoms with Gasteiger partial charge in [-0.1, -0.05) is 29.8 Å². The lowest BCUT2D eigenvalue weighted by Crippen LogP contribution is -2.20. The van der Waals surface area contributed by atoms with Crippen LogP contribution in [0.3, 0.4) is 0 Å². The van der Waals surface area contributed by atoms with Crippen molar-refractivity contribution in [2.45, 2.75) is 13.8 Å². The number of methoxy groups -OCH3 is 1. The standard InChI is InChI=1S/C28H23BrClN3O5/c1-4-36-22-13-16(24(29)25(30)26(22)37-5-2)15-31-33-27(32-19-10-7-6-9-17(19)28(33)34)23-14-18-20(35-3)11-8-12-21(18)38-23/h6-15H,4-5H2,1-3H3. The second kappa shape index (κ2) is 10.9. The SMILES string of the molecule is CCOc1cc(C=Nn2c(-c3cc4c(OC)cccc4o3)nc3ccccc3c2=O)c(Br)c(Cl)c1OCC. The van der Waals surface area contributed by atoms with Crippen LogP contribution in [0.4, 0.5) is 0 Å². The fourth-order valence-corrected chi connectivity index (χ4v) is 4.73. The average molecular weight is 597 g/mol. The molecule has 0 atom stereocenters. The van der Waals surface area contributed by atoms with E-state index in [2.05, 4.69) is 21.0 Å². The molecule has 5 aromatic rings. The summed E-state index contributed by atoms with van der Waals surface area (Å²) < 4.78 is 24.8. The number of halogens is 2. The van der Waals surface area contributed by atoms with Crippen molar-refractivity contribution in [3.63, 3.8) is 0 Å². The molecule has 0 fully saturated rings. The highest BCUT2D eigenvalue weighted by Crippen LogP contribution is 2.42. The Morgan fingerprint density at radius 2 is 1.84 bits per heavy atom. The summed E-state index contributed by atoms with van der Waals surface area (Å²) in [6, 6.07) is 16.1. The first kappa shape index (κ1) is 25.8. The fraction of sp³-hybridized carbons (Fsp3) is 0.179. The van der Waals surface area contributed by atoms with Gasteiger partial charge in [0.1, 0.15) is 16.4 Å². The van der Waals surface area contributed by atoms with Crippen molar-refractivity contribution < 1.29 is 18.6 Å². The number of hydrogen-bond acceptors (Lipinski definition) is 7. The van der Waals surface area contributed by atoms with E-state index in [1.165, 1.54) is 10.9 Å². The zero-order valence-corrected chi connectivity index (χ0v) is 23.2. The third-order valence-corrected chi connectivity index (χ3v) is 7.22. The Morgan fingerprint density at radius 3 is 2.61 bits per heavy atom. The lowest BCUT2D eigenvalue weighted by atomic mass is 10.2. The number of furan rings is 1. The predicted molar refractivity (Wildman–Crippen MR) is 152 cm³/mol. The van der Waals surface area contributed by atoms with Gasteiger partial charge in [0.25, 0.3) is 5.56 Å². The van der Waals surface area contributed by atoms with E-state index in [0.717, 1.165) is 5.39 Å². The molecule has 8 nitrogen and oxygen atoms in total. The van der Waals surface area contributed by atoms with E-state index in [-0.39, 0.29) is 11.4 Å². The van der Waals surface area contributed by atoms with Crippen molar-refractivity contribution in [1.29, 1.82) is 0 Å². The second-order valence-electron chi connectivity index (χ2n) is 8.08. The van der Waals surface area contributed by atoms with Crippen LogP contribution in [0.25, 0.3) is 33.5 Å². The van der Waals surface area contributed by atoms with E-state index >= 15 is 0 Å². The number of hydrogen-bond donors (Lipinski definition) is 0.